The number of aliphatic hydroxyl groups excluding tert-OH is 1. The maximum Gasteiger partial charge on any atom is 0.104 e. The maximum absolute atomic E-state index is 10.7. The normalized spacial score (nSPS) is 16.1. The molecule has 1 nitrogen and oxygen atoms in total. The summed E-state index contributed by atoms with van der Waals surface area (Å²) >= 11 is 0. The van der Waals surface area contributed by atoms with Crippen LogP contribution in [-0.4, -0.2) is 5.11 Å². The van der Waals surface area contributed by atoms with Gasteiger partial charge in [-0.25, -0.2) is 0 Å². The summed E-state index contributed by atoms with van der Waals surface area (Å²) in [6.07, 6.45) is 4.29. The molecule has 1 N–H and O–H groups in total. The minimum atomic E-state index is -0.498. The third-order valence-corrected chi connectivity index (χ3v) is 4.14. The lowest BCUT2D eigenvalue weighted by atomic mass is 9.94. The number of rotatable bonds is 5. The zero-order valence-corrected chi connectivity index (χ0v) is 12.0. The first-order valence-electron chi connectivity index (χ1n) is 7.65. The molecule has 2 aromatic rings. The van der Waals surface area contributed by atoms with Crippen molar-refractivity contribution in [3.05, 3.63) is 70.8 Å². The van der Waals surface area contributed by atoms with Crippen LogP contribution in [0.25, 0.3) is 0 Å². The average molecular weight is 266 g/mol. The lowest BCUT2D eigenvalue weighted by molar-refractivity contribution is 0.219. The molecule has 0 spiro atoms. The minimum absolute atomic E-state index is 0.498. The molecule has 0 aliphatic heterocycles. The molecule has 2 aromatic carbocycles. The first kappa shape index (κ1) is 13.4. The highest BCUT2D eigenvalue weighted by Gasteiger charge is 2.27. The molecule has 3 rings (SSSR count). The van der Waals surface area contributed by atoms with Crippen molar-refractivity contribution in [1.29, 1.82) is 0 Å². The topological polar surface area (TPSA) is 20.2 Å². The molecule has 1 aliphatic rings. The number of hydrogen-bond acceptors (Lipinski definition) is 1. The molecule has 0 saturated heterocycles. The van der Waals surface area contributed by atoms with E-state index in [0.717, 1.165) is 24.0 Å². The molecular formula is C19H22O. The van der Waals surface area contributed by atoms with Gasteiger partial charge in [-0.2, -0.15) is 0 Å². The van der Waals surface area contributed by atoms with Crippen molar-refractivity contribution in [3.8, 4) is 0 Å². The molecule has 0 aromatic heterocycles. The second-order valence-corrected chi connectivity index (χ2v) is 5.80. The maximum atomic E-state index is 10.7. The lowest BCUT2D eigenvalue weighted by Gasteiger charge is -2.16. The van der Waals surface area contributed by atoms with Crippen LogP contribution in [0.4, 0.5) is 0 Å². The van der Waals surface area contributed by atoms with Gasteiger partial charge in [-0.15, -0.1) is 0 Å². The Labute approximate surface area is 121 Å². The van der Waals surface area contributed by atoms with Gasteiger partial charge in [-0.05, 0) is 47.4 Å². The summed E-state index contributed by atoms with van der Waals surface area (Å²) < 4.78 is 0. The monoisotopic (exact) mass is 266 g/mol. The molecule has 1 heteroatoms. The molecule has 0 radical (unpaired) electrons. The average Bonchev–Trinajstić information content (AvgIpc) is 3.32. The van der Waals surface area contributed by atoms with Crippen LogP contribution in [0.5, 0.6) is 0 Å². The molecule has 0 heterocycles. The van der Waals surface area contributed by atoms with E-state index in [-0.39, 0.29) is 0 Å². The fourth-order valence-corrected chi connectivity index (χ4v) is 2.86. The Morgan fingerprint density at radius 2 is 1.75 bits per heavy atom. The molecule has 1 aliphatic carbocycles. The predicted octanol–water partition coefficient (Wildman–Crippen LogP) is 4.60. The predicted molar refractivity (Wildman–Crippen MR) is 82.9 cm³/mol. The van der Waals surface area contributed by atoms with Gasteiger partial charge in [0.15, 0.2) is 0 Å². The first-order chi connectivity index (χ1) is 9.79. The van der Waals surface area contributed by atoms with Crippen LogP contribution in [0.3, 0.4) is 0 Å². The smallest absolute Gasteiger partial charge is 0.104 e. The molecule has 1 saturated carbocycles. The van der Waals surface area contributed by atoms with E-state index in [1.54, 1.807) is 0 Å². The number of benzene rings is 2. The van der Waals surface area contributed by atoms with Crippen molar-refractivity contribution in [1.82, 2.24) is 0 Å². The molecule has 1 fully saturated rings. The van der Waals surface area contributed by atoms with Crippen molar-refractivity contribution in [2.45, 2.75) is 44.6 Å². The fraction of sp³-hybridized carbons (Fsp3) is 0.368. The first-order valence-corrected chi connectivity index (χ1v) is 7.65. The number of aliphatic hydroxyl groups is 1. The zero-order valence-electron chi connectivity index (χ0n) is 12.0. The Morgan fingerprint density at radius 3 is 2.40 bits per heavy atom. The SMILES string of the molecule is CCCc1ccc(C(O)c2ccccc2C2CC2)cc1. The van der Waals surface area contributed by atoms with E-state index >= 15 is 0 Å². The van der Waals surface area contributed by atoms with Crippen LogP contribution in [0.1, 0.15) is 60.5 Å². The molecule has 104 valence electrons. The minimum Gasteiger partial charge on any atom is -0.384 e. The van der Waals surface area contributed by atoms with Gasteiger partial charge in [-0.3, -0.25) is 0 Å². The van der Waals surface area contributed by atoms with E-state index in [4.69, 9.17) is 0 Å². The molecular weight excluding hydrogens is 244 g/mol. The van der Waals surface area contributed by atoms with Crippen LogP contribution in [0.15, 0.2) is 48.5 Å². The number of aryl methyl sites for hydroxylation is 1. The van der Waals surface area contributed by atoms with Crippen molar-refractivity contribution in [2.24, 2.45) is 0 Å². The van der Waals surface area contributed by atoms with E-state index in [0.29, 0.717) is 5.92 Å². The summed E-state index contributed by atoms with van der Waals surface area (Å²) in [7, 11) is 0. The molecule has 20 heavy (non-hydrogen) atoms. The van der Waals surface area contributed by atoms with Gasteiger partial charge in [0.2, 0.25) is 0 Å². The number of hydrogen-bond donors (Lipinski definition) is 1. The Hall–Kier alpha value is -1.60. The molecule has 0 amide bonds. The van der Waals surface area contributed by atoms with E-state index in [2.05, 4.69) is 49.4 Å². The summed E-state index contributed by atoms with van der Waals surface area (Å²) in [5.41, 5.74) is 4.76. The quantitative estimate of drug-likeness (QED) is 0.838. The largest absolute Gasteiger partial charge is 0.384 e. The standard InChI is InChI=1S/C19H22O/c1-2-5-14-8-10-16(11-9-14)19(20)18-7-4-3-6-17(18)15-12-13-15/h3-4,6-11,15,19-20H,2,5,12-13H2,1H3. The van der Waals surface area contributed by atoms with Gasteiger partial charge in [0, 0.05) is 0 Å². The van der Waals surface area contributed by atoms with Crippen LogP contribution in [0.2, 0.25) is 0 Å². The summed E-state index contributed by atoms with van der Waals surface area (Å²) in [6, 6.07) is 16.8. The van der Waals surface area contributed by atoms with Gasteiger partial charge in [0.25, 0.3) is 0 Å². The lowest BCUT2D eigenvalue weighted by Crippen LogP contribution is -2.03. The van der Waals surface area contributed by atoms with E-state index < -0.39 is 6.10 Å². The van der Waals surface area contributed by atoms with Gasteiger partial charge in [0.1, 0.15) is 6.10 Å². The summed E-state index contributed by atoms with van der Waals surface area (Å²) in [4.78, 5) is 0. The highest BCUT2D eigenvalue weighted by atomic mass is 16.3. The van der Waals surface area contributed by atoms with E-state index in [1.807, 2.05) is 6.07 Å². The Kier molecular flexibility index (Phi) is 3.88. The Balaban J connectivity index is 1.86. The molecule has 1 atom stereocenters. The van der Waals surface area contributed by atoms with E-state index in [1.165, 1.54) is 24.0 Å². The molecule has 1 unspecified atom stereocenters. The van der Waals surface area contributed by atoms with Crippen molar-refractivity contribution >= 4 is 0 Å². The second-order valence-electron chi connectivity index (χ2n) is 5.80. The van der Waals surface area contributed by atoms with Gasteiger partial charge in [-0.1, -0.05) is 61.9 Å². The Morgan fingerprint density at radius 1 is 1.05 bits per heavy atom. The fourth-order valence-electron chi connectivity index (χ4n) is 2.86. The van der Waals surface area contributed by atoms with Crippen LogP contribution in [-0.2, 0) is 6.42 Å². The van der Waals surface area contributed by atoms with Crippen molar-refractivity contribution in [2.75, 3.05) is 0 Å². The Bertz CT molecular complexity index is 567. The summed E-state index contributed by atoms with van der Waals surface area (Å²) in [5, 5.41) is 10.7. The third-order valence-electron chi connectivity index (χ3n) is 4.14. The van der Waals surface area contributed by atoms with Gasteiger partial charge in [0.05, 0.1) is 0 Å². The van der Waals surface area contributed by atoms with Crippen LogP contribution >= 0.6 is 0 Å². The van der Waals surface area contributed by atoms with E-state index in [9.17, 15) is 5.11 Å². The van der Waals surface area contributed by atoms with Crippen molar-refractivity contribution < 1.29 is 5.11 Å². The highest BCUT2D eigenvalue weighted by molar-refractivity contribution is 5.40. The highest BCUT2D eigenvalue weighted by Crippen LogP contribution is 2.43. The van der Waals surface area contributed by atoms with Crippen LogP contribution < -0.4 is 0 Å². The second kappa shape index (κ2) is 5.80. The van der Waals surface area contributed by atoms with Gasteiger partial charge >= 0.3 is 0 Å². The van der Waals surface area contributed by atoms with Gasteiger partial charge < -0.3 is 5.11 Å². The summed E-state index contributed by atoms with van der Waals surface area (Å²) in [6.45, 7) is 2.19. The zero-order chi connectivity index (χ0) is 13.9. The summed E-state index contributed by atoms with van der Waals surface area (Å²) in [5.74, 6) is 0.667. The van der Waals surface area contributed by atoms with Crippen LogP contribution in [0, 0.1) is 0 Å². The third kappa shape index (κ3) is 2.78. The van der Waals surface area contributed by atoms with Crippen molar-refractivity contribution in [3.63, 3.8) is 0 Å². The molecule has 0 bridgehead atoms.